The van der Waals surface area contributed by atoms with Crippen LogP contribution in [0.1, 0.15) is 37.9 Å². The second-order valence-corrected chi connectivity index (χ2v) is 7.82. The Kier molecular flexibility index (Phi) is 7.17. The van der Waals surface area contributed by atoms with Crippen molar-refractivity contribution in [1.29, 1.82) is 0 Å². The number of anilines is 1. The van der Waals surface area contributed by atoms with Crippen molar-refractivity contribution in [1.82, 2.24) is 19.7 Å². The molecule has 1 aromatic carbocycles. The molecule has 2 heterocycles. The first-order valence-electron chi connectivity index (χ1n) is 10.6. The van der Waals surface area contributed by atoms with Crippen molar-refractivity contribution in [2.75, 3.05) is 25.2 Å². The molecule has 0 saturated heterocycles. The van der Waals surface area contributed by atoms with E-state index in [2.05, 4.69) is 15.2 Å². The topological polar surface area (TPSA) is 104 Å². The largest absolute Gasteiger partial charge is 0.388 e. The van der Waals surface area contributed by atoms with Crippen LogP contribution in [0.5, 0.6) is 0 Å². The van der Waals surface area contributed by atoms with E-state index in [1.807, 2.05) is 39.0 Å². The Balaban J connectivity index is 2.25. The first-order valence-corrected chi connectivity index (χ1v) is 10.6. The molecule has 174 valence electrons. The summed E-state index contributed by atoms with van der Waals surface area (Å²) in [4.78, 5) is 30.0. The molecule has 33 heavy (non-hydrogen) atoms. The third-order valence-corrected chi connectivity index (χ3v) is 5.23. The number of aryl methyl sites for hydroxylation is 1. The number of hydrogen-bond donors (Lipinski definition) is 1. The predicted octanol–water partition coefficient (Wildman–Crippen LogP) is 2.57. The maximum Gasteiger partial charge on any atom is 0.281 e. The van der Waals surface area contributed by atoms with Gasteiger partial charge in [-0.3, -0.25) is 14.5 Å². The number of amidine groups is 1. The minimum atomic E-state index is -0.769. The van der Waals surface area contributed by atoms with Gasteiger partial charge >= 0.3 is 0 Å². The number of carbonyl (C=O) groups is 1. The van der Waals surface area contributed by atoms with Crippen molar-refractivity contribution in [3.63, 3.8) is 0 Å². The van der Waals surface area contributed by atoms with Crippen LogP contribution in [0.25, 0.3) is 16.6 Å². The number of benzene rings is 1. The number of hydrogen-bond acceptors (Lipinski definition) is 7. The van der Waals surface area contributed by atoms with E-state index in [-0.39, 0.29) is 35.0 Å². The van der Waals surface area contributed by atoms with Crippen molar-refractivity contribution in [3.8, 4) is 5.69 Å². The van der Waals surface area contributed by atoms with E-state index in [1.165, 1.54) is 16.6 Å². The van der Waals surface area contributed by atoms with Gasteiger partial charge in [0.1, 0.15) is 12.1 Å². The molecular weight excluding hydrogens is 427 g/mol. The zero-order valence-corrected chi connectivity index (χ0v) is 19.3. The highest BCUT2D eigenvalue weighted by molar-refractivity contribution is 5.92. The number of hydrazone groups is 1. The minimum Gasteiger partial charge on any atom is -0.388 e. The summed E-state index contributed by atoms with van der Waals surface area (Å²) in [6.45, 7) is 7.17. The van der Waals surface area contributed by atoms with Crippen LogP contribution in [0, 0.1) is 12.7 Å². The molecule has 1 amide bonds. The lowest BCUT2D eigenvalue weighted by Gasteiger charge is -2.21. The van der Waals surface area contributed by atoms with E-state index in [1.54, 1.807) is 13.0 Å². The molecule has 0 aliphatic carbocycles. The van der Waals surface area contributed by atoms with E-state index in [9.17, 15) is 14.7 Å². The number of rotatable bonds is 7. The molecule has 9 nitrogen and oxygen atoms in total. The van der Waals surface area contributed by atoms with Crippen LogP contribution in [0.3, 0.4) is 0 Å². The van der Waals surface area contributed by atoms with E-state index in [4.69, 9.17) is 0 Å². The molecule has 0 radical (unpaired) electrons. The second kappa shape index (κ2) is 9.86. The number of fused-ring (bicyclic) bond motifs is 1. The third-order valence-electron chi connectivity index (χ3n) is 5.23. The number of aliphatic hydroxyl groups is 1. The van der Waals surface area contributed by atoms with Gasteiger partial charge in [-0.1, -0.05) is 32.0 Å². The van der Waals surface area contributed by atoms with E-state index in [0.717, 1.165) is 16.6 Å². The van der Waals surface area contributed by atoms with Crippen LogP contribution >= 0.6 is 0 Å². The van der Waals surface area contributed by atoms with Crippen molar-refractivity contribution in [3.05, 3.63) is 57.8 Å². The van der Waals surface area contributed by atoms with Crippen LogP contribution in [-0.4, -0.2) is 57.2 Å². The molecule has 2 aromatic heterocycles. The van der Waals surface area contributed by atoms with Crippen LogP contribution < -0.4 is 10.6 Å². The van der Waals surface area contributed by atoms with Crippen LogP contribution in [0.15, 0.2) is 40.2 Å². The van der Waals surface area contributed by atoms with Crippen molar-refractivity contribution < 1.29 is 14.3 Å². The van der Waals surface area contributed by atoms with E-state index in [0.29, 0.717) is 17.8 Å². The molecule has 0 spiro atoms. The summed E-state index contributed by atoms with van der Waals surface area (Å²) in [7, 11) is 1.45. The molecule has 0 aliphatic rings. The smallest absolute Gasteiger partial charge is 0.281 e. The Hall–Kier alpha value is -3.66. The number of halogens is 1. The Morgan fingerprint density at radius 3 is 2.61 bits per heavy atom. The normalized spacial score (nSPS) is 11.8. The fraction of sp³-hybridized carbons (Fsp3) is 0.348. The number of para-hydroxylation sites is 1. The summed E-state index contributed by atoms with van der Waals surface area (Å²) in [5, 5.41) is 19.5. The minimum absolute atomic E-state index is 0.0356. The van der Waals surface area contributed by atoms with E-state index >= 15 is 4.39 Å². The van der Waals surface area contributed by atoms with Gasteiger partial charge in [0.15, 0.2) is 17.5 Å². The summed E-state index contributed by atoms with van der Waals surface area (Å²) in [6, 6.07) is 8.45. The lowest BCUT2D eigenvalue weighted by Crippen LogP contribution is -2.34. The lowest BCUT2D eigenvalue weighted by molar-refractivity contribution is -0.114. The molecule has 0 atom stereocenters. The summed E-state index contributed by atoms with van der Waals surface area (Å²) in [6.07, 6.45) is 0.530. The summed E-state index contributed by atoms with van der Waals surface area (Å²) in [5.74, 6) is -1.00. The Morgan fingerprint density at radius 2 is 2.03 bits per heavy atom. The molecular formula is C23H27FN6O3. The molecule has 0 aliphatic heterocycles. The summed E-state index contributed by atoms with van der Waals surface area (Å²) < 4.78 is 16.4. The van der Waals surface area contributed by atoms with Crippen LogP contribution in [-0.2, 0) is 4.79 Å². The monoisotopic (exact) mass is 454 g/mol. The highest BCUT2D eigenvalue weighted by Crippen LogP contribution is 2.26. The maximum atomic E-state index is 15.1. The average Bonchev–Trinajstić information content (AvgIpc) is 2.79. The average molecular weight is 455 g/mol. The fourth-order valence-corrected chi connectivity index (χ4v) is 3.45. The van der Waals surface area contributed by atoms with Gasteiger partial charge in [0.2, 0.25) is 6.41 Å². The zero-order chi connectivity index (χ0) is 24.3. The van der Waals surface area contributed by atoms with Gasteiger partial charge < -0.3 is 5.11 Å². The van der Waals surface area contributed by atoms with Gasteiger partial charge in [-0.15, -0.1) is 0 Å². The van der Waals surface area contributed by atoms with Gasteiger partial charge in [-0.05, 0) is 37.5 Å². The first-order chi connectivity index (χ1) is 15.7. The quantitative estimate of drug-likeness (QED) is 0.255. The highest BCUT2D eigenvalue weighted by Gasteiger charge is 2.21. The summed E-state index contributed by atoms with van der Waals surface area (Å²) in [5.41, 5.74) is 1.77. The Bertz CT molecular complexity index is 1270. The molecule has 3 rings (SSSR count). The van der Waals surface area contributed by atoms with Gasteiger partial charge in [-0.25, -0.2) is 14.4 Å². The Morgan fingerprint density at radius 1 is 1.33 bits per heavy atom. The van der Waals surface area contributed by atoms with Gasteiger partial charge in [-0.2, -0.15) is 14.9 Å². The second-order valence-electron chi connectivity index (χ2n) is 7.82. The molecule has 0 bridgehead atoms. The number of amides is 1. The highest BCUT2D eigenvalue weighted by atomic mass is 19.1. The molecule has 0 saturated carbocycles. The number of pyridine rings is 1. The lowest BCUT2D eigenvalue weighted by atomic mass is 10.1. The maximum absolute atomic E-state index is 15.1. The number of carbonyl (C=O) groups excluding carboxylic acids is 1. The number of aromatic nitrogens is 3. The molecule has 3 aromatic rings. The van der Waals surface area contributed by atoms with Crippen molar-refractivity contribution in [2.45, 2.75) is 33.6 Å². The van der Waals surface area contributed by atoms with Gasteiger partial charge in [0.25, 0.3) is 5.56 Å². The predicted molar refractivity (Wildman–Crippen MR) is 125 cm³/mol. The van der Waals surface area contributed by atoms with E-state index < -0.39 is 18.0 Å². The van der Waals surface area contributed by atoms with Crippen molar-refractivity contribution in [2.24, 2.45) is 5.10 Å². The van der Waals surface area contributed by atoms with Crippen molar-refractivity contribution >= 4 is 29.0 Å². The third kappa shape index (κ3) is 4.61. The fourth-order valence-electron chi connectivity index (χ4n) is 3.45. The molecule has 0 unspecified atom stereocenters. The number of nitrogens with zero attached hydrogens (tertiary/aromatic N) is 6. The molecule has 10 heteroatoms. The van der Waals surface area contributed by atoms with Gasteiger partial charge in [0.05, 0.1) is 16.8 Å². The zero-order valence-electron chi connectivity index (χ0n) is 19.3. The number of aliphatic hydroxyl groups excluding tert-OH is 1. The molecule has 1 N–H and O–H groups in total. The standard InChI is InChI=1S/C23H27FN6O3/c1-6-29(13-32)19(12-31)26-28(5)22-17(24)11-16-21(25-22)20(14(2)3)27-30(23(16)33)18-10-8-7-9-15(18)4/h7-11,13-14,31H,6,12H2,1-5H3/b26-19-. The van der Waals surface area contributed by atoms with Crippen LogP contribution in [0.4, 0.5) is 10.2 Å². The van der Waals surface area contributed by atoms with Gasteiger partial charge in [0, 0.05) is 13.6 Å². The Labute approximate surface area is 190 Å². The number of likely N-dealkylation sites (N-methyl/N-ethyl adjacent to an activating group) is 1. The van der Waals surface area contributed by atoms with Crippen LogP contribution in [0.2, 0.25) is 0 Å². The SMILES string of the molecule is CCN(C=O)/C(CO)=N\N(C)c1nc2c(C(C)C)nn(-c3ccccc3C)c(=O)c2cc1F. The molecule has 0 fully saturated rings. The first kappa shape index (κ1) is 24.0. The summed E-state index contributed by atoms with van der Waals surface area (Å²) >= 11 is 0.